The molecule has 22 heavy (non-hydrogen) atoms. The molecule has 1 aromatic carbocycles. The second kappa shape index (κ2) is 8.30. The van der Waals surface area contributed by atoms with Crippen molar-refractivity contribution in [3.63, 3.8) is 0 Å². The van der Waals surface area contributed by atoms with Gasteiger partial charge in [-0.15, -0.1) is 0 Å². The van der Waals surface area contributed by atoms with E-state index in [-0.39, 0.29) is 18.4 Å². The van der Waals surface area contributed by atoms with E-state index in [9.17, 15) is 9.90 Å². The van der Waals surface area contributed by atoms with Crippen LogP contribution in [0.4, 0.5) is 0 Å². The molecule has 1 aromatic rings. The minimum atomic E-state index is -0.762. The molecule has 1 saturated carbocycles. The number of aliphatic hydroxyl groups is 1. The Morgan fingerprint density at radius 3 is 2.68 bits per heavy atom. The Balaban J connectivity index is 1.56. The minimum Gasteiger partial charge on any atom is -0.389 e. The van der Waals surface area contributed by atoms with Gasteiger partial charge in [0, 0.05) is 13.2 Å². The number of benzene rings is 1. The van der Waals surface area contributed by atoms with Crippen LogP contribution in [-0.2, 0) is 9.53 Å². The van der Waals surface area contributed by atoms with Crippen molar-refractivity contribution < 1.29 is 14.6 Å². The van der Waals surface area contributed by atoms with Gasteiger partial charge in [0.15, 0.2) is 0 Å². The summed E-state index contributed by atoms with van der Waals surface area (Å²) >= 11 is 0. The summed E-state index contributed by atoms with van der Waals surface area (Å²) in [6.07, 6.45) is 4.62. The zero-order chi connectivity index (χ0) is 15.8. The third-order valence-electron chi connectivity index (χ3n) is 4.30. The van der Waals surface area contributed by atoms with E-state index in [1.807, 2.05) is 25.1 Å². The van der Waals surface area contributed by atoms with Crippen LogP contribution in [0.2, 0.25) is 0 Å². The molecule has 2 rings (SSSR count). The number of rotatable bonds is 8. The first kappa shape index (κ1) is 17.0. The maximum atomic E-state index is 11.8. The monoisotopic (exact) mass is 305 g/mol. The highest BCUT2D eigenvalue weighted by Crippen LogP contribution is 2.32. The number of ether oxygens (including phenoxy) is 1. The average Bonchev–Trinajstić information content (AvgIpc) is 2.93. The van der Waals surface area contributed by atoms with Gasteiger partial charge < -0.3 is 15.2 Å². The molecule has 0 bridgehead atoms. The summed E-state index contributed by atoms with van der Waals surface area (Å²) in [5.41, 5.74) is 0.401. The number of nitrogens with one attached hydrogen (secondary N) is 1. The number of carbonyl (C=O) groups is 1. The Hall–Kier alpha value is -1.39. The van der Waals surface area contributed by atoms with Gasteiger partial charge in [0.2, 0.25) is 5.91 Å². The maximum absolute atomic E-state index is 11.8. The first-order valence-corrected chi connectivity index (χ1v) is 8.25. The Morgan fingerprint density at radius 2 is 2.00 bits per heavy atom. The molecule has 1 fully saturated rings. The second-order valence-electron chi connectivity index (χ2n) is 6.24. The molecule has 0 aromatic heterocycles. The van der Waals surface area contributed by atoms with Gasteiger partial charge in [-0.3, -0.25) is 4.79 Å². The molecular weight excluding hydrogens is 278 g/mol. The van der Waals surface area contributed by atoms with Crippen LogP contribution in [0.1, 0.15) is 57.1 Å². The van der Waals surface area contributed by atoms with Crippen LogP contribution in [0.25, 0.3) is 0 Å². The summed E-state index contributed by atoms with van der Waals surface area (Å²) in [5, 5.41) is 13.0. The maximum Gasteiger partial charge on any atom is 0.222 e. The molecule has 1 aliphatic rings. The lowest BCUT2D eigenvalue weighted by molar-refractivity contribution is -0.125. The molecule has 1 aliphatic carbocycles. The molecule has 4 nitrogen and oxygen atoms in total. The fraction of sp³-hybridized carbons (Fsp3) is 0.611. The molecule has 2 N–H and O–H groups in total. The molecule has 1 amide bonds. The Morgan fingerprint density at radius 1 is 1.32 bits per heavy atom. The molecule has 4 heteroatoms. The van der Waals surface area contributed by atoms with Crippen molar-refractivity contribution in [1.29, 1.82) is 0 Å². The molecule has 0 spiro atoms. The van der Waals surface area contributed by atoms with E-state index in [0.29, 0.717) is 13.2 Å². The summed E-state index contributed by atoms with van der Waals surface area (Å²) in [6.45, 7) is 3.24. The van der Waals surface area contributed by atoms with Gasteiger partial charge in [-0.05, 0) is 31.7 Å². The third-order valence-corrected chi connectivity index (χ3v) is 4.30. The highest BCUT2D eigenvalue weighted by Gasteiger charge is 2.33. The van der Waals surface area contributed by atoms with Gasteiger partial charge in [0.25, 0.3) is 0 Å². The van der Waals surface area contributed by atoms with Crippen molar-refractivity contribution in [3.05, 3.63) is 35.9 Å². The zero-order valence-electron chi connectivity index (χ0n) is 13.4. The SMILES string of the molecule is CC(OCCCNC(=O)CC1(O)CCCC1)c1ccccc1. The molecule has 1 unspecified atom stereocenters. The third kappa shape index (κ3) is 5.43. The standard InChI is InChI=1S/C18H27NO3/c1-15(16-8-3-2-4-9-16)22-13-7-12-19-17(20)14-18(21)10-5-6-11-18/h2-4,8-9,15,21H,5-7,10-14H2,1H3,(H,19,20). The number of hydrogen-bond donors (Lipinski definition) is 2. The van der Waals surface area contributed by atoms with E-state index in [1.54, 1.807) is 0 Å². The average molecular weight is 305 g/mol. The first-order valence-electron chi connectivity index (χ1n) is 8.25. The molecule has 0 radical (unpaired) electrons. The van der Waals surface area contributed by atoms with E-state index in [0.717, 1.165) is 37.7 Å². The van der Waals surface area contributed by atoms with Crippen LogP contribution in [-0.4, -0.2) is 29.8 Å². The van der Waals surface area contributed by atoms with Gasteiger partial charge in [-0.25, -0.2) is 0 Å². The van der Waals surface area contributed by atoms with Gasteiger partial charge in [0.05, 0.1) is 18.1 Å². The molecule has 0 heterocycles. The summed E-state index contributed by atoms with van der Waals surface area (Å²) in [6, 6.07) is 10.1. The van der Waals surface area contributed by atoms with Crippen LogP contribution >= 0.6 is 0 Å². The summed E-state index contributed by atoms with van der Waals surface area (Å²) in [7, 11) is 0. The summed E-state index contributed by atoms with van der Waals surface area (Å²) in [4.78, 5) is 11.8. The predicted octanol–water partition coefficient (Wildman–Crippen LogP) is 2.97. The van der Waals surface area contributed by atoms with Crippen molar-refractivity contribution in [2.45, 2.75) is 57.2 Å². The lowest BCUT2D eigenvalue weighted by Crippen LogP contribution is -2.35. The number of hydrogen-bond acceptors (Lipinski definition) is 3. The van der Waals surface area contributed by atoms with E-state index in [4.69, 9.17) is 4.74 Å². The lowest BCUT2D eigenvalue weighted by atomic mass is 9.98. The normalized spacial score (nSPS) is 18.1. The van der Waals surface area contributed by atoms with Gasteiger partial charge in [-0.2, -0.15) is 0 Å². The van der Waals surface area contributed by atoms with E-state index in [2.05, 4.69) is 17.4 Å². The second-order valence-corrected chi connectivity index (χ2v) is 6.24. The number of amides is 1. The van der Waals surface area contributed by atoms with Gasteiger partial charge >= 0.3 is 0 Å². The van der Waals surface area contributed by atoms with E-state index >= 15 is 0 Å². The molecule has 1 atom stereocenters. The Labute approximate surface area is 132 Å². The quantitative estimate of drug-likeness (QED) is 0.726. The molecular formula is C18H27NO3. The van der Waals surface area contributed by atoms with Crippen molar-refractivity contribution in [3.8, 4) is 0 Å². The fourth-order valence-electron chi connectivity index (χ4n) is 2.95. The first-order chi connectivity index (χ1) is 10.6. The topological polar surface area (TPSA) is 58.6 Å². The molecule has 122 valence electrons. The van der Waals surface area contributed by atoms with E-state index < -0.39 is 5.60 Å². The van der Waals surface area contributed by atoms with Crippen LogP contribution in [0.3, 0.4) is 0 Å². The van der Waals surface area contributed by atoms with Gasteiger partial charge in [-0.1, -0.05) is 43.2 Å². The minimum absolute atomic E-state index is 0.0551. The van der Waals surface area contributed by atoms with Crippen molar-refractivity contribution in [2.75, 3.05) is 13.2 Å². The number of carbonyl (C=O) groups excluding carboxylic acids is 1. The highest BCUT2D eigenvalue weighted by molar-refractivity contribution is 5.77. The summed E-state index contributed by atoms with van der Waals surface area (Å²) < 4.78 is 5.76. The fourth-order valence-corrected chi connectivity index (χ4v) is 2.95. The lowest BCUT2D eigenvalue weighted by Gasteiger charge is -2.21. The van der Waals surface area contributed by atoms with Crippen LogP contribution < -0.4 is 5.32 Å². The Bertz CT molecular complexity index is 455. The summed E-state index contributed by atoms with van der Waals surface area (Å²) in [5.74, 6) is -0.0551. The van der Waals surface area contributed by atoms with Crippen LogP contribution in [0, 0.1) is 0 Å². The van der Waals surface area contributed by atoms with Crippen molar-refractivity contribution in [2.24, 2.45) is 0 Å². The largest absolute Gasteiger partial charge is 0.389 e. The smallest absolute Gasteiger partial charge is 0.222 e. The molecule has 0 saturated heterocycles. The van der Waals surface area contributed by atoms with Gasteiger partial charge in [0.1, 0.15) is 0 Å². The highest BCUT2D eigenvalue weighted by atomic mass is 16.5. The zero-order valence-corrected chi connectivity index (χ0v) is 13.4. The van der Waals surface area contributed by atoms with Crippen molar-refractivity contribution in [1.82, 2.24) is 5.32 Å². The van der Waals surface area contributed by atoms with E-state index in [1.165, 1.54) is 0 Å². The van der Waals surface area contributed by atoms with Crippen LogP contribution in [0.5, 0.6) is 0 Å². The van der Waals surface area contributed by atoms with Crippen molar-refractivity contribution >= 4 is 5.91 Å². The Kier molecular flexibility index (Phi) is 6.40. The molecule has 0 aliphatic heterocycles. The predicted molar refractivity (Wildman–Crippen MR) is 86.5 cm³/mol. The van der Waals surface area contributed by atoms with Crippen LogP contribution in [0.15, 0.2) is 30.3 Å².